The fourth-order valence-corrected chi connectivity index (χ4v) is 6.32. The molecule has 3 N–H and O–H groups in total. The number of nitrogens with one attached hydrogen (secondary N) is 1. The van der Waals surface area contributed by atoms with Gasteiger partial charge in [-0.2, -0.15) is 4.31 Å². The minimum atomic E-state index is -3.51. The van der Waals surface area contributed by atoms with Gasteiger partial charge < -0.3 is 10.7 Å². The van der Waals surface area contributed by atoms with Gasteiger partial charge in [0, 0.05) is 24.7 Å². The first-order valence-corrected chi connectivity index (χ1v) is 12.9. The van der Waals surface area contributed by atoms with E-state index < -0.39 is 15.9 Å². The highest BCUT2D eigenvalue weighted by atomic mass is 32.2. The Morgan fingerprint density at radius 2 is 1.65 bits per heavy atom. The topological polar surface area (TPSA) is 96.3 Å². The van der Waals surface area contributed by atoms with Gasteiger partial charge in [-0.05, 0) is 66.6 Å². The molecule has 0 bridgehead atoms. The maximum absolute atomic E-state index is 13.1. The monoisotopic (exact) mass is 473 g/mol. The first-order valence-electron chi connectivity index (χ1n) is 11.4. The molecular formula is C27H27N3O3S. The molecule has 0 unspecified atom stereocenters. The number of hydrogen-bond donors (Lipinski definition) is 2. The van der Waals surface area contributed by atoms with Crippen molar-refractivity contribution in [2.75, 3.05) is 13.1 Å². The molecule has 0 radical (unpaired) electrons. The first-order chi connectivity index (χ1) is 16.3. The molecule has 3 aromatic carbocycles. The highest BCUT2D eigenvalue weighted by Crippen LogP contribution is 2.37. The van der Waals surface area contributed by atoms with Crippen LogP contribution in [-0.2, 0) is 10.0 Å². The van der Waals surface area contributed by atoms with E-state index in [1.54, 1.807) is 16.4 Å². The lowest BCUT2D eigenvalue weighted by Gasteiger charge is -2.31. The molecule has 4 aromatic rings. The number of hydrogen-bond acceptors (Lipinski definition) is 3. The molecule has 1 aliphatic heterocycles. The number of aromatic nitrogens is 1. The van der Waals surface area contributed by atoms with Gasteiger partial charge in [0.1, 0.15) is 0 Å². The van der Waals surface area contributed by atoms with Crippen molar-refractivity contribution in [1.29, 1.82) is 0 Å². The molecule has 6 nitrogen and oxygen atoms in total. The Morgan fingerprint density at radius 3 is 2.29 bits per heavy atom. The number of benzene rings is 3. The number of fused-ring (bicyclic) bond motifs is 1. The molecule has 34 heavy (non-hydrogen) atoms. The van der Waals surface area contributed by atoms with E-state index >= 15 is 0 Å². The quantitative estimate of drug-likeness (QED) is 0.435. The summed E-state index contributed by atoms with van der Waals surface area (Å²) in [6, 6.07) is 20.8. The van der Waals surface area contributed by atoms with Gasteiger partial charge in [-0.25, -0.2) is 8.42 Å². The Balaban J connectivity index is 1.45. The Morgan fingerprint density at radius 1 is 0.971 bits per heavy atom. The molecule has 1 aliphatic rings. The third-order valence-corrected chi connectivity index (χ3v) is 8.66. The zero-order valence-electron chi connectivity index (χ0n) is 19.0. The molecule has 2 heterocycles. The van der Waals surface area contributed by atoms with E-state index in [-0.39, 0.29) is 5.92 Å². The van der Waals surface area contributed by atoms with E-state index in [0.29, 0.717) is 36.4 Å². The molecular weight excluding hydrogens is 446 g/mol. The van der Waals surface area contributed by atoms with Crippen molar-refractivity contribution in [2.45, 2.75) is 30.6 Å². The summed E-state index contributed by atoms with van der Waals surface area (Å²) in [5, 5.41) is 0.968. The van der Waals surface area contributed by atoms with Gasteiger partial charge in [0.25, 0.3) is 5.91 Å². The number of H-pyrrole nitrogens is 1. The number of carbonyl (C=O) groups excluding carboxylic acids is 1. The van der Waals surface area contributed by atoms with Crippen LogP contribution < -0.4 is 5.73 Å². The summed E-state index contributed by atoms with van der Waals surface area (Å²) >= 11 is 0. The molecule has 1 saturated heterocycles. The molecule has 1 amide bonds. The summed E-state index contributed by atoms with van der Waals surface area (Å²) in [5.74, 6) is -0.292. The van der Waals surface area contributed by atoms with E-state index in [2.05, 4.69) is 11.1 Å². The van der Waals surface area contributed by atoms with E-state index in [9.17, 15) is 13.2 Å². The SMILES string of the molecule is Cc1ccc(S(=O)(=O)N2CCC(c3c[nH]c4c(C(N)=O)cc(-c5ccccc5)cc34)CC2)cc1. The van der Waals surface area contributed by atoms with Crippen molar-refractivity contribution in [1.82, 2.24) is 9.29 Å². The minimum absolute atomic E-state index is 0.185. The Bertz CT molecular complexity index is 1450. The van der Waals surface area contributed by atoms with Gasteiger partial charge in [0.15, 0.2) is 0 Å². The highest BCUT2D eigenvalue weighted by molar-refractivity contribution is 7.89. The number of piperidine rings is 1. The van der Waals surface area contributed by atoms with Crippen LogP contribution in [0.3, 0.4) is 0 Å². The second kappa shape index (κ2) is 8.74. The number of sulfonamides is 1. The number of aryl methyl sites for hydroxylation is 1. The average Bonchev–Trinajstić information content (AvgIpc) is 3.28. The summed E-state index contributed by atoms with van der Waals surface area (Å²) in [5.41, 5.74) is 11.0. The lowest BCUT2D eigenvalue weighted by Crippen LogP contribution is -2.37. The summed E-state index contributed by atoms with van der Waals surface area (Å²) in [7, 11) is -3.51. The van der Waals surface area contributed by atoms with Crippen molar-refractivity contribution in [3.8, 4) is 11.1 Å². The predicted molar refractivity (Wildman–Crippen MR) is 134 cm³/mol. The van der Waals surface area contributed by atoms with Crippen LogP contribution in [-0.4, -0.2) is 36.7 Å². The molecule has 0 saturated carbocycles. The number of nitrogens with two attached hydrogens (primary N) is 1. The molecule has 0 aliphatic carbocycles. The van der Waals surface area contributed by atoms with Gasteiger partial charge in [0.05, 0.1) is 16.0 Å². The fraction of sp³-hybridized carbons (Fsp3) is 0.222. The molecule has 7 heteroatoms. The highest BCUT2D eigenvalue weighted by Gasteiger charge is 2.31. The zero-order valence-corrected chi connectivity index (χ0v) is 19.8. The number of primary amides is 1. The Kier molecular flexibility index (Phi) is 5.75. The van der Waals surface area contributed by atoms with Gasteiger partial charge in [0.2, 0.25) is 10.0 Å². The molecule has 1 fully saturated rings. The Labute approximate surface area is 199 Å². The number of carbonyl (C=O) groups is 1. The second-order valence-corrected chi connectivity index (χ2v) is 10.9. The normalized spacial score (nSPS) is 15.6. The molecule has 1 aromatic heterocycles. The predicted octanol–water partition coefficient (Wildman–Crippen LogP) is 4.81. The van der Waals surface area contributed by atoms with Gasteiger partial charge in [-0.15, -0.1) is 0 Å². The lowest BCUT2D eigenvalue weighted by molar-refractivity contribution is 0.100. The van der Waals surface area contributed by atoms with Crippen LogP contribution in [0, 0.1) is 6.92 Å². The fourth-order valence-electron chi connectivity index (χ4n) is 4.85. The minimum Gasteiger partial charge on any atom is -0.366 e. The summed E-state index contributed by atoms with van der Waals surface area (Å²) in [6.07, 6.45) is 3.36. The van der Waals surface area contributed by atoms with E-state index in [1.807, 2.05) is 61.7 Å². The van der Waals surface area contributed by atoms with Crippen molar-refractivity contribution in [3.63, 3.8) is 0 Å². The summed E-state index contributed by atoms with van der Waals surface area (Å²) in [6.45, 7) is 2.85. The van der Waals surface area contributed by atoms with Gasteiger partial charge in [-0.3, -0.25) is 4.79 Å². The van der Waals surface area contributed by atoms with Crippen LogP contribution >= 0.6 is 0 Å². The smallest absolute Gasteiger partial charge is 0.250 e. The third-order valence-electron chi connectivity index (χ3n) is 6.75. The van der Waals surface area contributed by atoms with Crippen LogP contribution in [0.1, 0.15) is 40.2 Å². The van der Waals surface area contributed by atoms with Crippen LogP contribution in [0.25, 0.3) is 22.0 Å². The van der Waals surface area contributed by atoms with Crippen LogP contribution in [0.2, 0.25) is 0 Å². The van der Waals surface area contributed by atoms with Crippen molar-refractivity contribution >= 4 is 26.8 Å². The second-order valence-electron chi connectivity index (χ2n) is 8.91. The summed E-state index contributed by atoms with van der Waals surface area (Å²) in [4.78, 5) is 15.8. The number of nitrogens with zero attached hydrogens (tertiary/aromatic N) is 1. The lowest BCUT2D eigenvalue weighted by atomic mass is 9.88. The number of rotatable bonds is 5. The van der Waals surface area contributed by atoms with E-state index in [4.69, 9.17) is 5.73 Å². The average molecular weight is 474 g/mol. The van der Waals surface area contributed by atoms with Crippen LogP contribution in [0.4, 0.5) is 0 Å². The number of aromatic amines is 1. The van der Waals surface area contributed by atoms with Crippen molar-refractivity contribution in [3.05, 3.63) is 89.6 Å². The first kappa shape index (κ1) is 22.4. The van der Waals surface area contributed by atoms with Crippen LogP contribution in [0.15, 0.2) is 77.8 Å². The van der Waals surface area contributed by atoms with Gasteiger partial charge >= 0.3 is 0 Å². The zero-order chi connectivity index (χ0) is 23.9. The van der Waals surface area contributed by atoms with Crippen molar-refractivity contribution in [2.24, 2.45) is 5.73 Å². The van der Waals surface area contributed by atoms with E-state index in [0.717, 1.165) is 33.2 Å². The summed E-state index contributed by atoms with van der Waals surface area (Å²) < 4.78 is 27.8. The maximum Gasteiger partial charge on any atom is 0.250 e. The third kappa shape index (κ3) is 4.02. The van der Waals surface area contributed by atoms with Gasteiger partial charge in [-0.1, -0.05) is 48.0 Å². The molecule has 5 rings (SSSR count). The molecule has 0 atom stereocenters. The number of amides is 1. The standard InChI is InChI=1S/C27H27N3O3S/c1-18-7-9-22(10-8-18)34(32,33)30-13-11-20(12-14-30)25-17-29-26-23(25)15-21(16-24(26)27(28)31)19-5-3-2-4-6-19/h2-10,15-17,20,29H,11-14H2,1H3,(H2,28,31). The van der Waals surface area contributed by atoms with Crippen LogP contribution in [0.5, 0.6) is 0 Å². The Hall–Kier alpha value is -3.42. The largest absolute Gasteiger partial charge is 0.366 e. The molecule has 174 valence electrons. The maximum atomic E-state index is 13.1. The molecule has 0 spiro atoms. The van der Waals surface area contributed by atoms with E-state index in [1.165, 1.54) is 0 Å². The van der Waals surface area contributed by atoms with Crippen molar-refractivity contribution < 1.29 is 13.2 Å².